The predicted octanol–water partition coefficient (Wildman–Crippen LogP) is 4.11. The van der Waals surface area contributed by atoms with E-state index < -0.39 is 0 Å². The van der Waals surface area contributed by atoms with Crippen molar-refractivity contribution in [3.05, 3.63) is 29.8 Å². The maximum atomic E-state index is 5.93. The Balaban J connectivity index is 1.63. The second-order valence-corrected chi connectivity index (χ2v) is 7.73. The maximum absolute atomic E-state index is 5.93. The number of piperidine rings is 1. The van der Waals surface area contributed by atoms with Crippen LogP contribution in [-0.4, -0.2) is 44.4 Å². The highest BCUT2D eigenvalue weighted by Gasteiger charge is 2.18. The van der Waals surface area contributed by atoms with Crippen LogP contribution in [0, 0.1) is 5.92 Å². The first-order valence-corrected chi connectivity index (χ1v) is 8.99. The van der Waals surface area contributed by atoms with Gasteiger partial charge in [0.25, 0.3) is 0 Å². The fourth-order valence-electron chi connectivity index (χ4n) is 3.00. The summed E-state index contributed by atoms with van der Waals surface area (Å²) in [4.78, 5) is 2.51. The molecule has 1 aromatic carbocycles. The summed E-state index contributed by atoms with van der Waals surface area (Å²) in [5.41, 5.74) is 1.35. The summed E-state index contributed by atoms with van der Waals surface area (Å²) in [6, 6.07) is 8.30. The van der Waals surface area contributed by atoms with Crippen LogP contribution in [0.2, 0.25) is 0 Å². The lowest BCUT2D eigenvalue weighted by atomic mass is 9.86. The molecule has 1 heterocycles. The van der Waals surface area contributed by atoms with E-state index in [9.17, 15) is 0 Å². The number of ether oxygens (including phenoxy) is 2. The van der Waals surface area contributed by atoms with E-state index in [0.717, 1.165) is 24.8 Å². The number of hydrogen-bond donors (Lipinski definition) is 0. The first-order chi connectivity index (χ1) is 11.0. The SMILES string of the molecule is CC1CCN(CCOCCOc2ccccc2C(C)(C)C)CC1. The average Bonchev–Trinajstić information content (AvgIpc) is 2.52. The number of hydrogen-bond acceptors (Lipinski definition) is 3. The van der Waals surface area contributed by atoms with Gasteiger partial charge in [0.2, 0.25) is 0 Å². The summed E-state index contributed by atoms with van der Waals surface area (Å²) in [7, 11) is 0. The van der Waals surface area contributed by atoms with Crippen molar-refractivity contribution in [3.63, 3.8) is 0 Å². The zero-order valence-corrected chi connectivity index (χ0v) is 15.3. The Labute approximate surface area is 142 Å². The molecule has 1 fully saturated rings. The van der Waals surface area contributed by atoms with Crippen molar-refractivity contribution < 1.29 is 9.47 Å². The van der Waals surface area contributed by atoms with Crippen molar-refractivity contribution in [1.82, 2.24) is 4.90 Å². The Morgan fingerprint density at radius 1 is 1.04 bits per heavy atom. The molecule has 0 bridgehead atoms. The van der Waals surface area contributed by atoms with Gasteiger partial charge in [-0.05, 0) is 48.9 Å². The molecule has 0 atom stereocenters. The largest absolute Gasteiger partial charge is 0.491 e. The lowest BCUT2D eigenvalue weighted by molar-refractivity contribution is 0.0705. The molecule has 1 saturated heterocycles. The molecule has 1 aliphatic rings. The summed E-state index contributed by atoms with van der Waals surface area (Å²) in [6.07, 6.45) is 2.65. The van der Waals surface area contributed by atoms with Gasteiger partial charge in [-0.2, -0.15) is 0 Å². The molecular weight excluding hydrogens is 286 g/mol. The van der Waals surface area contributed by atoms with Crippen LogP contribution < -0.4 is 4.74 Å². The maximum Gasteiger partial charge on any atom is 0.123 e. The molecule has 3 nitrogen and oxygen atoms in total. The van der Waals surface area contributed by atoms with E-state index in [2.05, 4.69) is 50.8 Å². The van der Waals surface area contributed by atoms with Crippen LogP contribution in [0.5, 0.6) is 5.75 Å². The predicted molar refractivity (Wildman–Crippen MR) is 96.3 cm³/mol. The normalized spacial score (nSPS) is 17.4. The lowest BCUT2D eigenvalue weighted by Crippen LogP contribution is -2.35. The third kappa shape index (κ3) is 6.15. The molecular formula is C20H33NO2. The van der Waals surface area contributed by atoms with Gasteiger partial charge in [-0.3, -0.25) is 0 Å². The highest BCUT2D eigenvalue weighted by atomic mass is 16.5. The van der Waals surface area contributed by atoms with E-state index in [4.69, 9.17) is 9.47 Å². The van der Waals surface area contributed by atoms with Crippen LogP contribution in [0.4, 0.5) is 0 Å². The molecule has 23 heavy (non-hydrogen) atoms. The van der Waals surface area contributed by atoms with Crippen LogP contribution >= 0.6 is 0 Å². The van der Waals surface area contributed by atoms with Crippen molar-refractivity contribution in [2.75, 3.05) is 39.5 Å². The first kappa shape index (κ1) is 18.3. The van der Waals surface area contributed by atoms with Gasteiger partial charge >= 0.3 is 0 Å². The minimum Gasteiger partial charge on any atom is -0.491 e. The topological polar surface area (TPSA) is 21.7 Å². The fourth-order valence-corrected chi connectivity index (χ4v) is 3.00. The standard InChI is InChI=1S/C20H33NO2/c1-17-9-11-21(12-10-17)13-14-22-15-16-23-19-8-6-5-7-18(19)20(2,3)4/h5-8,17H,9-16H2,1-4H3. The van der Waals surface area contributed by atoms with Gasteiger partial charge in [-0.25, -0.2) is 0 Å². The monoisotopic (exact) mass is 319 g/mol. The number of nitrogens with zero attached hydrogens (tertiary/aromatic N) is 1. The number of likely N-dealkylation sites (tertiary alicyclic amines) is 1. The number of para-hydroxylation sites is 1. The van der Waals surface area contributed by atoms with Gasteiger partial charge in [0.05, 0.1) is 13.2 Å². The molecule has 0 spiro atoms. The fraction of sp³-hybridized carbons (Fsp3) is 0.700. The van der Waals surface area contributed by atoms with Gasteiger partial charge in [-0.15, -0.1) is 0 Å². The number of rotatable bonds is 7. The zero-order valence-electron chi connectivity index (χ0n) is 15.3. The molecule has 1 aromatic rings. The second kappa shape index (κ2) is 8.70. The van der Waals surface area contributed by atoms with E-state index in [1.807, 2.05) is 6.07 Å². The summed E-state index contributed by atoms with van der Waals surface area (Å²) < 4.78 is 11.7. The molecule has 0 saturated carbocycles. The van der Waals surface area contributed by atoms with Crippen LogP contribution in [0.25, 0.3) is 0 Å². The minimum absolute atomic E-state index is 0.100. The van der Waals surface area contributed by atoms with Gasteiger partial charge in [0.15, 0.2) is 0 Å². The molecule has 0 aliphatic carbocycles. The molecule has 2 rings (SSSR count). The van der Waals surface area contributed by atoms with Gasteiger partial charge in [-0.1, -0.05) is 45.9 Å². The van der Waals surface area contributed by atoms with Gasteiger partial charge in [0.1, 0.15) is 12.4 Å². The van der Waals surface area contributed by atoms with Crippen molar-refractivity contribution in [3.8, 4) is 5.75 Å². The summed E-state index contributed by atoms with van der Waals surface area (Å²) in [6.45, 7) is 14.6. The Hall–Kier alpha value is -1.06. The van der Waals surface area contributed by atoms with Crippen molar-refractivity contribution in [2.24, 2.45) is 5.92 Å². The molecule has 0 aromatic heterocycles. The summed E-state index contributed by atoms with van der Waals surface area (Å²) in [5.74, 6) is 1.87. The van der Waals surface area contributed by atoms with E-state index >= 15 is 0 Å². The molecule has 130 valence electrons. The zero-order chi connectivity index (χ0) is 16.7. The lowest BCUT2D eigenvalue weighted by Gasteiger charge is -2.29. The van der Waals surface area contributed by atoms with Crippen LogP contribution in [0.1, 0.15) is 46.1 Å². The molecule has 0 amide bonds. The van der Waals surface area contributed by atoms with E-state index in [0.29, 0.717) is 13.2 Å². The van der Waals surface area contributed by atoms with E-state index in [1.165, 1.54) is 31.5 Å². The second-order valence-electron chi connectivity index (χ2n) is 7.73. The summed E-state index contributed by atoms with van der Waals surface area (Å²) >= 11 is 0. The van der Waals surface area contributed by atoms with Crippen molar-refractivity contribution >= 4 is 0 Å². The molecule has 0 radical (unpaired) electrons. The third-order valence-electron chi connectivity index (χ3n) is 4.61. The Morgan fingerprint density at radius 2 is 1.74 bits per heavy atom. The molecule has 0 unspecified atom stereocenters. The molecule has 3 heteroatoms. The van der Waals surface area contributed by atoms with E-state index in [1.54, 1.807) is 0 Å². The number of benzene rings is 1. The van der Waals surface area contributed by atoms with Crippen LogP contribution in [0.3, 0.4) is 0 Å². The van der Waals surface area contributed by atoms with Crippen molar-refractivity contribution in [1.29, 1.82) is 0 Å². The van der Waals surface area contributed by atoms with Crippen LogP contribution in [-0.2, 0) is 10.2 Å². The quantitative estimate of drug-likeness (QED) is 0.706. The van der Waals surface area contributed by atoms with Gasteiger partial charge in [0, 0.05) is 6.54 Å². The third-order valence-corrected chi connectivity index (χ3v) is 4.61. The smallest absolute Gasteiger partial charge is 0.123 e. The van der Waals surface area contributed by atoms with E-state index in [-0.39, 0.29) is 5.41 Å². The Bertz CT molecular complexity index is 459. The Morgan fingerprint density at radius 3 is 2.43 bits per heavy atom. The van der Waals surface area contributed by atoms with Crippen LogP contribution in [0.15, 0.2) is 24.3 Å². The molecule has 0 N–H and O–H groups in total. The van der Waals surface area contributed by atoms with Crippen molar-refractivity contribution in [2.45, 2.75) is 46.0 Å². The molecule has 1 aliphatic heterocycles. The average molecular weight is 319 g/mol. The summed E-state index contributed by atoms with van der Waals surface area (Å²) in [5, 5.41) is 0. The Kier molecular flexibility index (Phi) is 6.91. The highest BCUT2D eigenvalue weighted by molar-refractivity contribution is 5.38. The highest BCUT2D eigenvalue weighted by Crippen LogP contribution is 2.30. The van der Waals surface area contributed by atoms with Gasteiger partial charge < -0.3 is 14.4 Å². The first-order valence-electron chi connectivity index (χ1n) is 8.99. The minimum atomic E-state index is 0.100.